The summed E-state index contributed by atoms with van der Waals surface area (Å²) in [5, 5.41) is 11.9. The molecular weight excluding hydrogens is 250 g/mol. The van der Waals surface area contributed by atoms with Gasteiger partial charge in [0.25, 0.3) is 0 Å². The molecule has 0 bridgehead atoms. The highest BCUT2D eigenvalue weighted by molar-refractivity contribution is 7.12. The number of aliphatic carboxylic acids is 1. The van der Waals surface area contributed by atoms with Gasteiger partial charge in [-0.1, -0.05) is 0 Å². The summed E-state index contributed by atoms with van der Waals surface area (Å²) in [5.74, 6) is -1.36. The zero-order valence-electron chi connectivity index (χ0n) is 10.7. The topological polar surface area (TPSA) is 66.4 Å². The van der Waals surface area contributed by atoms with Gasteiger partial charge < -0.3 is 10.4 Å². The Hall–Kier alpha value is -1.36. The summed E-state index contributed by atoms with van der Waals surface area (Å²) in [6.45, 7) is 5.93. The number of nitrogens with one attached hydrogen (secondary N) is 1. The molecule has 18 heavy (non-hydrogen) atoms. The molecule has 1 saturated carbocycles. The van der Waals surface area contributed by atoms with Gasteiger partial charge in [-0.25, -0.2) is 0 Å². The predicted octanol–water partition coefficient (Wildman–Crippen LogP) is 2.41. The van der Waals surface area contributed by atoms with Crippen LogP contribution in [0.15, 0.2) is 6.07 Å². The van der Waals surface area contributed by atoms with E-state index in [9.17, 15) is 9.59 Å². The van der Waals surface area contributed by atoms with Crippen LogP contribution in [0.5, 0.6) is 0 Å². The lowest BCUT2D eigenvalue weighted by molar-refractivity contribution is -0.149. The number of carboxylic acid groups (broad SMARTS) is 1. The largest absolute Gasteiger partial charge is 0.480 e. The summed E-state index contributed by atoms with van der Waals surface area (Å²) in [7, 11) is 0. The van der Waals surface area contributed by atoms with Crippen LogP contribution in [0.25, 0.3) is 0 Å². The van der Waals surface area contributed by atoms with Crippen LogP contribution < -0.4 is 5.32 Å². The van der Waals surface area contributed by atoms with Crippen molar-refractivity contribution in [1.82, 2.24) is 5.32 Å². The van der Waals surface area contributed by atoms with E-state index in [0.29, 0.717) is 12.8 Å². The first kappa shape index (κ1) is 13.1. The molecule has 0 radical (unpaired) electrons. The van der Waals surface area contributed by atoms with Crippen LogP contribution in [0.4, 0.5) is 0 Å². The molecule has 1 aliphatic rings. The van der Waals surface area contributed by atoms with Crippen LogP contribution in [-0.2, 0) is 9.59 Å². The van der Waals surface area contributed by atoms with E-state index in [4.69, 9.17) is 5.11 Å². The standard InChI is InChI=1S/C13H17NO3S/c1-7-6-10(9(3)18-7)8(2)14-11(15)13(4-5-13)12(16)17/h6,8H,4-5H2,1-3H3,(H,14,15)(H,16,17). The monoisotopic (exact) mass is 267 g/mol. The van der Waals surface area contributed by atoms with Crippen molar-refractivity contribution in [2.75, 3.05) is 0 Å². The molecule has 1 heterocycles. The second-order valence-electron chi connectivity index (χ2n) is 4.95. The second kappa shape index (κ2) is 4.39. The maximum atomic E-state index is 12.0. The molecule has 1 aromatic rings. The highest BCUT2D eigenvalue weighted by Crippen LogP contribution is 2.46. The van der Waals surface area contributed by atoms with Crippen molar-refractivity contribution in [2.45, 2.75) is 39.7 Å². The van der Waals surface area contributed by atoms with Crippen molar-refractivity contribution in [2.24, 2.45) is 5.41 Å². The molecule has 4 nitrogen and oxygen atoms in total. The fraction of sp³-hybridized carbons (Fsp3) is 0.538. The summed E-state index contributed by atoms with van der Waals surface area (Å²) in [5.41, 5.74) is -0.0835. The normalized spacial score (nSPS) is 18.2. The Balaban J connectivity index is 2.08. The van der Waals surface area contributed by atoms with Gasteiger partial charge in [0.2, 0.25) is 5.91 Å². The van der Waals surface area contributed by atoms with Gasteiger partial charge in [0, 0.05) is 9.75 Å². The molecule has 1 aromatic heterocycles. The molecule has 1 amide bonds. The van der Waals surface area contributed by atoms with Gasteiger partial charge in [0.1, 0.15) is 5.41 Å². The zero-order valence-corrected chi connectivity index (χ0v) is 11.6. The first-order valence-electron chi connectivity index (χ1n) is 5.98. The maximum absolute atomic E-state index is 12.0. The Morgan fingerprint density at radius 2 is 2.06 bits per heavy atom. The first-order chi connectivity index (χ1) is 8.36. The van der Waals surface area contributed by atoms with Crippen molar-refractivity contribution in [1.29, 1.82) is 0 Å². The highest BCUT2D eigenvalue weighted by atomic mass is 32.1. The number of carboxylic acids is 1. The molecule has 0 saturated heterocycles. The molecule has 1 aliphatic carbocycles. The molecule has 1 unspecified atom stereocenters. The summed E-state index contributed by atoms with van der Waals surface area (Å²) in [4.78, 5) is 25.4. The molecular formula is C13H17NO3S. The van der Waals surface area contributed by atoms with Crippen molar-refractivity contribution in [3.05, 3.63) is 21.4 Å². The van der Waals surface area contributed by atoms with E-state index >= 15 is 0 Å². The summed E-state index contributed by atoms with van der Waals surface area (Å²) in [6.07, 6.45) is 0.894. The third-order valence-electron chi connectivity index (χ3n) is 3.49. The van der Waals surface area contributed by atoms with Crippen LogP contribution in [0.2, 0.25) is 0 Å². The summed E-state index contributed by atoms with van der Waals surface area (Å²) < 4.78 is 0. The van der Waals surface area contributed by atoms with E-state index in [-0.39, 0.29) is 11.9 Å². The highest BCUT2D eigenvalue weighted by Gasteiger charge is 2.57. The predicted molar refractivity (Wildman–Crippen MR) is 69.7 cm³/mol. The van der Waals surface area contributed by atoms with Crippen molar-refractivity contribution >= 4 is 23.2 Å². The Labute approximate surface area is 110 Å². The van der Waals surface area contributed by atoms with Crippen LogP contribution in [0, 0.1) is 19.3 Å². The number of aryl methyl sites for hydroxylation is 2. The third kappa shape index (κ3) is 2.14. The minimum absolute atomic E-state index is 0.140. The van der Waals surface area contributed by atoms with Gasteiger partial charge >= 0.3 is 5.97 Å². The summed E-state index contributed by atoms with van der Waals surface area (Å²) in [6, 6.07) is 1.91. The average molecular weight is 267 g/mol. The molecule has 98 valence electrons. The lowest BCUT2D eigenvalue weighted by atomic mass is 10.0. The Morgan fingerprint density at radius 3 is 2.44 bits per heavy atom. The fourth-order valence-electron chi connectivity index (χ4n) is 2.16. The lowest BCUT2D eigenvalue weighted by Crippen LogP contribution is -2.38. The van der Waals surface area contributed by atoms with Crippen molar-refractivity contribution < 1.29 is 14.7 Å². The van der Waals surface area contributed by atoms with Crippen LogP contribution in [0.1, 0.15) is 41.1 Å². The van der Waals surface area contributed by atoms with Crippen LogP contribution in [0.3, 0.4) is 0 Å². The maximum Gasteiger partial charge on any atom is 0.319 e. The van der Waals surface area contributed by atoms with Crippen molar-refractivity contribution in [3.8, 4) is 0 Å². The third-order valence-corrected chi connectivity index (χ3v) is 4.47. The minimum Gasteiger partial charge on any atom is -0.480 e. The van der Waals surface area contributed by atoms with Gasteiger partial charge in [0.15, 0.2) is 0 Å². The van der Waals surface area contributed by atoms with Crippen LogP contribution in [-0.4, -0.2) is 17.0 Å². The molecule has 1 fully saturated rings. The van der Waals surface area contributed by atoms with E-state index in [2.05, 4.69) is 5.32 Å². The number of hydrogen-bond acceptors (Lipinski definition) is 3. The van der Waals surface area contributed by atoms with E-state index in [1.54, 1.807) is 11.3 Å². The average Bonchev–Trinajstić information content (AvgIpc) is 3.00. The first-order valence-corrected chi connectivity index (χ1v) is 6.80. The van der Waals surface area contributed by atoms with Crippen LogP contribution >= 0.6 is 11.3 Å². The SMILES string of the molecule is Cc1cc(C(C)NC(=O)C2(C(=O)O)CC2)c(C)s1. The van der Waals surface area contributed by atoms with Gasteiger partial charge in [-0.15, -0.1) is 11.3 Å². The lowest BCUT2D eigenvalue weighted by Gasteiger charge is -2.17. The minimum atomic E-state index is -1.16. The van der Waals surface area contributed by atoms with Crippen molar-refractivity contribution in [3.63, 3.8) is 0 Å². The molecule has 2 rings (SSSR count). The van der Waals surface area contributed by atoms with Gasteiger partial charge in [-0.3, -0.25) is 9.59 Å². The Morgan fingerprint density at radius 1 is 1.44 bits per heavy atom. The van der Waals surface area contributed by atoms with Gasteiger partial charge in [0.05, 0.1) is 6.04 Å². The zero-order chi connectivity index (χ0) is 13.5. The molecule has 0 aromatic carbocycles. The molecule has 2 N–H and O–H groups in total. The Bertz CT molecular complexity index is 502. The number of hydrogen-bond donors (Lipinski definition) is 2. The molecule has 5 heteroatoms. The smallest absolute Gasteiger partial charge is 0.319 e. The van der Waals surface area contributed by atoms with Gasteiger partial charge in [-0.05, 0) is 45.2 Å². The number of carbonyl (C=O) groups is 2. The quantitative estimate of drug-likeness (QED) is 0.823. The van der Waals surface area contributed by atoms with Gasteiger partial charge in [-0.2, -0.15) is 0 Å². The number of amides is 1. The Kier molecular flexibility index (Phi) is 3.19. The number of thiophene rings is 1. The van der Waals surface area contributed by atoms with E-state index < -0.39 is 11.4 Å². The number of carbonyl (C=O) groups excluding carboxylic acids is 1. The summed E-state index contributed by atoms with van der Waals surface area (Å²) >= 11 is 1.69. The van der Waals surface area contributed by atoms with E-state index in [0.717, 1.165) is 5.56 Å². The fourth-order valence-corrected chi connectivity index (χ4v) is 3.18. The number of rotatable bonds is 4. The molecule has 0 spiro atoms. The van der Waals surface area contributed by atoms with E-state index in [1.165, 1.54) is 9.75 Å². The second-order valence-corrected chi connectivity index (χ2v) is 6.41. The van der Waals surface area contributed by atoms with E-state index in [1.807, 2.05) is 26.8 Å². The molecule has 0 aliphatic heterocycles. The molecule has 1 atom stereocenters.